The number of aryl methyl sites for hydroxylation is 2. The quantitative estimate of drug-likeness (QED) is 0.606. The van der Waals surface area contributed by atoms with Gasteiger partial charge in [0.1, 0.15) is 0 Å². The molecule has 0 atom stereocenters. The van der Waals surface area contributed by atoms with Crippen LogP contribution in [0, 0.1) is 0 Å². The number of halogens is 2. The average Bonchev–Trinajstić information content (AvgIpc) is 2.11. The number of hydrogen-bond donors (Lipinski definition) is 0. The van der Waals surface area contributed by atoms with E-state index < -0.39 is 0 Å². The van der Waals surface area contributed by atoms with Crippen LogP contribution in [0.2, 0.25) is 10.0 Å². The van der Waals surface area contributed by atoms with E-state index in [0.29, 0.717) is 0 Å². The van der Waals surface area contributed by atoms with Gasteiger partial charge in [-0.25, -0.2) is 0 Å². The summed E-state index contributed by atoms with van der Waals surface area (Å²) in [5.74, 6) is 0. The Morgan fingerprint density at radius 1 is 0.846 bits per heavy atom. The van der Waals surface area contributed by atoms with Crippen molar-refractivity contribution < 1.29 is 0 Å². The zero-order chi connectivity index (χ0) is 9.26. The van der Waals surface area contributed by atoms with Crippen molar-refractivity contribution in [3.63, 3.8) is 0 Å². The van der Waals surface area contributed by atoms with E-state index in [-0.39, 0.29) is 0 Å². The molecule has 0 nitrogen and oxygen atoms in total. The van der Waals surface area contributed by atoms with Gasteiger partial charge >= 0.3 is 0 Å². The summed E-state index contributed by atoms with van der Waals surface area (Å²) in [6.45, 7) is 0. The largest absolute Gasteiger partial charge is 0.0843 e. The topological polar surface area (TPSA) is 0 Å². The van der Waals surface area contributed by atoms with Crippen LogP contribution in [0.15, 0.2) is 12.1 Å². The lowest BCUT2D eigenvalue weighted by Crippen LogP contribution is -1.98. The van der Waals surface area contributed by atoms with Crippen LogP contribution in [-0.4, -0.2) is 0 Å². The molecule has 2 heteroatoms. The third kappa shape index (κ3) is 2.00. The molecule has 0 radical (unpaired) electrons. The highest BCUT2D eigenvalue weighted by Gasteiger charge is 2.10. The summed E-state index contributed by atoms with van der Waals surface area (Å²) in [6, 6.07) is 4.00. The van der Waals surface area contributed by atoms with Gasteiger partial charge in [-0.05, 0) is 48.9 Å². The maximum atomic E-state index is 6.23. The van der Waals surface area contributed by atoms with Gasteiger partial charge in [-0.2, -0.15) is 0 Å². The first-order valence-corrected chi connectivity index (χ1v) is 5.50. The molecule has 0 saturated heterocycles. The Hall–Kier alpha value is -0.200. The van der Waals surface area contributed by atoms with E-state index in [1.807, 2.05) is 12.1 Å². The van der Waals surface area contributed by atoms with Gasteiger partial charge in [0, 0.05) is 10.0 Å². The lowest BCUT2D eigenvalue weighted by molar-refractivity contribution is 0.666. The minimum Gasteiger partial charge on any atom is -0.0843 e. The number of rotatable bonds is 0. The van der Waals surface area contributed by atoms with Crippen molar-refractivity contribution in [2.45, 2.75) is 32.1 Å². The summed E-state index contributed by atoms with van der Waals surface area (Å²) >= 11 is 12.2. The van der Waals surface area contributed by atoms with Crippen molar-refractivity contribution in [3.8, 4) is 0 Å². The van der Waals surface area contributed by atoms with Gasteiger partial charge in [0.15, 0.2) is 0 Å². The van der Waals surface area contributed by atoms with Crippen molar-refractivity contribution in [3.05, 3.63) is 33.3 Å². The Kier molecular flexibility index (Phi) is 2.80. The summed E-state index contributed by atoms with van der Waals surface area (Å²) in [4.78, 5) is 0. The minimum atomic E-state index is 0.830. The molecule has 13 heavy (non-hydrogen) atoms. The molecule has 2 bridgehead atoms. The van der Waals surface area contributed by atoms with Crippen LogP contribution in [0.3, 0.4) is 0 Å². The number of fused-ring (bicyclic) bond motifs is 2. The fourth-order valence-corrected chi connectivity index (χ4v) is 2.44. The predicted molar refractivity (Wildman–Crippen MR) is 57.7 cm³/mol. The smallest absolute Gasteiger partial charge is 0.0471 e. The summed E-state index contributed by atoms with van der Waals surface area (Å²) in [6.07, 6.45) is 5.92. The maximum Gasteiger partial charge on any atom is 0.0471 e. The second kappa shape index (κ2) is 3.89. The molecule has 0 spiro atoms. The van der Waals surface area contributed by atoms with Gasteiger partial charge in [0.25, 0.3) is 0 Å². The van der Waals surface area contributed by atoms with Crippen molar-refractivity contribution in [2.75, 3.05) is 0 Å². The predicted octanol–water partition coefficient (Wildman–Crippen LogP) is 4.26. The van der Waals surface area contributed by atoms with Gasteiger partial charge in [-0.15, -0.1) is 0 Å². The average molecular weight is 215 g/mol. The SMILES string of the molecule is Clc1cc2c(Cl)c(c1)CCCCC2. The van der Waals surface area contributed by atoms with Gasteiger partial charge in [0.2, 0.25) is 0 Å². The van der Waals surface area contributed by atoms with E-state index in [1.165, 1.54) is 30.4 Å². The van der Waals surface area contributed by atoms with Gasteiger partial charge in [0.05, 0.1) is 0 Å². The standard InChI is InChI=1S/C11H12Cl2/c12-10-6-8-4-2-1-3-5-9(7-10)11(8)13/h6-7H,1-5H2. The molecule has 1 aromatic rings. The van der Waals surface area contributed by atoms with Crippen LogP contribution < -0.4 is 0 Å². The minimum absolute atomic E-state index is 0.830. The molecule has 2 rings (SSSR count). The van der Waals surface area contributed by atoms with Crippen LogP contribution in [0.25, 0.3) is 0 Å². The lowest BCUT2D eigenvalue weighted by atomic mass is 9.97. The Bertz CT molecular complexity index is 291. The molecular weight excluding hydrogens is 203 g/mol. The van der Waals surface area contributed by atoms with Crippen LogP contribution in [0.1, 0.15) is 30.4 Å². The van der Waals surface area contributed by atoms with E-state index in [0.717, 1.165) is 22.9 Å². The number of benzene rings is 1. The summed E-state index contributed by atoms with van der Waals surface area (Å²) in [5.41, 5.74) is 2.45. The zero-order valence-corrected chi connectivity index (χ0v) is 8.96. The van der Waals surface area contributed by atoms with E-state index in [9.17, 15) is 0 Å². The monoisotopic (exact) mass is 214 g/mol. The lowest BCUT2D eigenvalue weighted by Gasteiger charge is -2.14. The van der Waals surface area contributed by atoms with Crippen molar-refractivity contribution in [1.82, 2.24) is 0 Å². The highest BCUT2D eigenvalue weighted by molar-refractivity contribution is 6.34. The van der Waals surface area contributed by atoms with Gasteiger partial charge < -0.3 is 0 Å². The Morgan fingerprint density at radius 2 is 1.38 bits per heavy atom. The van der Waals surface area contributed by atoms with Crippen LogP contribution in [-0.2, 0) is 12.8 Å². The van der Waals surface area contributed by atoms with Crippen LogP contribution in [0.5, 0.6) is 0 Å². The number of hydrogen-bond acceptors (Lipinski definition) is 0. The molecule has 0 unspecified atom stereocenters. The maximum absolute atomic E-state index is 6.23. The third-order valence-electron chi connectivity index (χ3n) is 2.58. The van der Waals surface area contributed by atoms with E-state index >= 15 is 0 Å². The Labute approximate surface area is 88.9 Å². The summed E-state index contributed by atoms with van der Waals surface area (Å²) < 4.78 is 0. The van der Waals surface area contributed by atoms with E-state index in [4.69, 9.17) is 23.2 Å². The first kappa shape index (κ1) is 9.36. The molecule has 0 aliphatic heterocycles. The molecule has 1 aliphatic carbocycles. The fourth-order valence-electron chi connectivity index (χ4n) is 1.88. The van der Waals surface area contributed by atoms with Gasteiger partial charge in [-0.3, -0.25) is 0 Å². The molecule has 0 amide bonds. The molecule has 0 saturated carbocycles. The highest BCUT2D eigenvalue weighted by atomic mass is 35.5. The normalized spacial score (nSPS) is 16.5. The molecule has 0 heterocycles. The molecule has 0 N–H and O–H groups in total. The van der Waals surface area contributed by atoms with E-state index in [1.54, 1.807) is 0 Å². The molecule has 1 aromatic carbocycles. The Morgan fingerprint density at radius 3 is 1.92 bits per heavy atom. The molecule has 0 aromatic heterocycles. The van der Waals surface area contributed by atoms with Crippen molar-refractivity contribution >= 4 is 23.2 Å². The molecule has 70 valence electrons. The van der Waals surface area contributed by atoms with Crippen molar-refractivity contribution in [1.29, 1.82) is 0 Å². The zero-order valence-electron chi connectivity index (χ0n) is 7.45. The summed E-state index contributed by atoms with van der Waals surface area (Å²) in [7, 11) is 0. The van der Waals surface area contributed by atoms with Crippen LogP contribution in [0.4, 0.5) is 0 Å². The second-order valence-corrected chi connectivity index (χ2v) is 4.41. The second-order valence-electron chi connectivity index (χ2n) is 3.60. The molecule has 1 aliphatic rings. The fraction of sp³-hybridized carbons (Fsp3) is 0.455. The van der Waals surface area contributed by atoms with Crippen LogP contribution >= 0.6 is 23.2 Å². The summed E-state index contributed by atoms with van der Waals surface area (Å²) in [5, 5.41) is 1.78. The molecule has 0 fully saturated rings. The van der Waals surface area contributed by atoms with Crippen molar-refractivity contribution in [2.24, 2.45) is 0 Å². The first-order chi connectivity index (χ1) is 6.27. The first-order valence-electron chi connectivity index (χ1n) is 4.74. The third-order valence-corrected chi connectivity index (χ3v) is 3.28. The highest BCUT2D eigenvalue weighted by Crippen LogP contribution is 2.30. The Balaban J connectivity index is 2.48. The van der Waals surface area contributed by atoms with Gasteiger partial charge in [-0.1, -0.05) is 29.6 Å². The van der Waals surface area contributed by atoms with E-state index in [2.05, 4.69) is 0 Å². The molecular formula is C11H12Cl2.